The van der Waals surface area contributed by atoms with Crippen LogP contribution in [-0.4, -0.2) is 6.21 Å². The zero-order valence-electron chi connectivity index (χ0n) is 9.99. The summed E-state index contributed by atoms with van der Waals surface area (Å²) in [4.78, 5) is 4.35. The summed E-state index contributed by atoms with van der Waals surface area (Å²) in [5, 5.41) is 0. The Bertz CT molecular complexity index is 373. The van der Waals surface area contributed by atoms with Gasteiger partial charge < -0.3 is 0 Å². The van der Waals surface area contributed by atoms with Gasteiger partial charge in [0, 0.05) is 11.8 Å². The van der Waals surface area contributed by atoms with Gasteiger partial charge in [0.25, 0.3) is 0 Å². The van der Waals surface area contributed by atoms with Gasteiger partial charge in [-0.2, -0.15) is 0 Å². The Morgan fingerprint density at radius 1 is 1.27 bits per heavy atom. The number of hydrogen-bond acceptors (Lipinski definition) is 1. The van der Waals surface area contributed by atoms with E-state index >= 15 is 0 Å². The molecule has 0 saturated carbocycles. The Morgan fingerprint density at radius 3 is 2.53 bits per heavy atom. The molecule has 0 bridgehead atoms. The molecule has 0 aliphatic heterocycles. The van der Waals surface area contributed by atoms with Crippen LogP contribution in [0.3, 0.4) is 0 Å². The quantitative estimate of drug-likeness (QED) is 0.648. The van der Waals surface area contributed by atoms with E-state index in [1.165, 1.54) is 11.1 Å². The molecule has 0 radical (unpaired) electrons. The zero-order chi connectivity index (χ0) is 11.3. The van der Waals surface area contributed by atoms with Gasteiger partial charge in [-0.05, 0) is 31.4 Å². The second-order valence-electron chi connectivity index (χ2n) is 3.84. The lowest BCUT2D eigenvalue weighted by Crippen LogP contribution is -1.89. The molecule has 15 heavy (non-hydrogen) atoms. The lowest BCUT2D eigenvalue weighted by atomic mass is 10.00. The van der Waals surface area contributed by atoms with Gasteiger partial charge in [0.05, 0.1) is 5.70 Å². The summed E-state index contributed by atoms with van der Waals surface area (Å²) in [6, 6.07) is 8.58. The number of hydrogen-bond donors (Lipinski definition) is 0. The maximum atomic E-state index is 4.35. The molecule has 0 atom stereocenters. The molecule has 1 heteroatoms. The van der Waals surface area contributed by atoms with Crippen LogP contribution in [0.1, 0.15) is 44.7 Å². The Balaban J connectivity index is 3.09. The molecule has 0 aliphatic carbocycles. The predicted octanol–water partition coefficient (Wildman–Crippen LogP) is 4.26. The first-order valence-corrected chi connectivity index (χ1v) is 5.44. The molecule has 0 amide bonds. The van der Waals surface area contributed by atoms with Crippen LogP contribution in [-0.2, 0) is 0 Å². The van der Waals surface area contributed by atoms with Gasteiger partial charge in [-0.1, -0.05) is 38.1 Å². The molecule has 1 aromatic carbocycles. The molecule has 0 aromatic heterocycles. The lowest BCUT2D eigenvalue weighted by molar-refractivity contribution is 0.866. The summed E-state index contributed by atoms with van der Waals surface area (Å²) in [7, 11) is 0. The van der Waals surface area contributed by atoms with Crippen molar-refractivity contribution >= 4 is 11.9 Å². The van der Waals surface area contributed by atoms with Crippen molar-refractivity contribution in [1.82, 2.24) is 0 Å². The second kappa shape index (κ2) is 5.50. The van der Waals surface area contributed by atoms with E-state index in [0.717, 1.165) is 5.70 Å². The van der Waals surface area contributed by atoms with Gasteiger partial charge in [-0.3, -0.25) is 4.99 Å². The molecule has 1 aromatic rings. The standard InChI is InChI=1S/C14H19N/c1-5-14(15-6-2)13-9-7-8-12(10-13)11(3)4/h5-11H,1-4H3/b14-5-,15-6-. The highest BCUT2D eigenvalue weighted by atomic mass is 14.7. The third-order valence-electron chi connectivity index (χ3n) is 2.39. The van der Waals surface area contributed by atoms with Crippen molar-refractivity contribution in [2.75, 3.05) is 0 Å². The van der Waals surface area contributed by atoms with E-state index in [0.29, 0.717) is 5.92 Å². The molecule has 0 heterocycles. The first kappa shape index (κ1) is 11.7. The summed E-state index contributed by atoms with van der Waals surface area (Å²) in [5.74, 6) is 0.564. The van der Waals surface area contributed by atoms with Crippen LogP contribution in [0.4, 0.5) is 0 Å². The fraction of sp³-hybridized carbons (Fsp3) is 0.357. The number of benzene rings is 1. The number of rotatable bonds is 3. The summed E-state index contributed by atoms with van der Waals surface area (Å²) in [5.41, 5.74) is 3.60. The van der Waals surface area contributed by atoms with Gasteiger partial charge in [0.1, 0.15) is 0 Å². The van der Waals surface area contributed by atoms with Crippen LogP contribution in [0.25, 0.3) is 5.70 Å². The third-order valence-corrected chi connectivity index (χ3v) is 2.39. The van der Waals surface area contributed by atoms with Crippen LogP contribution in [0.2, 0.25) is 0 Å². The van der Waals surface area contributed by atoms with Crippen molar-refractivity contribution in [3.05, 3.63) is 41.5 Å². The summed E-state index contributed by atoms with van der Waals surface area (Å²) in [6.45, 7) is 8.37. The number of nitrogens with zero attached hydrogens (tertiary/aromatic N) is 1. The van der Waals surface area contributed by atoms with Gasteiger partial charge in [0.2, 0.25) is 0 Å². The van der Waals surface area contributed by atoms with Crippen LogP contribution >= 0.6 is 0 Å². The Labute approximate surface area is 92.6 Å². The topological polar surface area (TPSA) is 12.4 Å². The highest BCUT2D eigenvalue weighted by molar-refractivity contribution is 5.72. The minimum atomic E-state index is 0.564. The monoisotopic (exact) mass is 201 g/mol. The first-order chi connectivity index (χ1) is 7.19. The van der Waals surface area contributed by atoms with Crippen molar-refractivity contribution in [1.29, 1.82) is 0 Å². The number of aliphatic imine (C=N–C) groups is 1. The van der Waals surface area contributed by atoms with Crippen LogP contribution in [0.15, 0.2) is 35.3 Å². The van der Waals surface area contributed by atoms with Gasteiger partial charge in [0.15, 0.2) is 0 Å². The van der Waals surface area contributed by atoms with E-state index < -0.39 is 0 Å². The van der Waals surface area contributed by atoms with E-state index in [1.54, 1.807) is 0 Å². The van der Waals surface area contributed by atoms with Crippen molar-refractivity contribution < 1.29 is 0 Å². The first-order valence-electron chi connectivity index (χ1n) is 5.44. The fourth-order valence-electron chi connectivity index (χ4n) is 1.51. The van der Waals surface area contributed by atoms with Gasteiger partial charge >= 0.3 is 0 Å². The highest BCUT2D eigenvalue weighted by Crippen LogP contribution is 2.21. The maximum absolute atomic E-state index is 4.35. The molecule has 80 valence electrons. The fourth-order valence-corrected chi connectivity index (χ4v) is 1.51. The average molecular weight is 201 g/mol. The smallest absolute Gasteiger partial charge is 0.0655 e. The van der Waals surface area contributed by atoms with Crippen LogP contribution < -0.4 is 0 Å². The molecule has 0 spiro atoms. The van der Waals surface area contributed by atoms with E-state index in [4.69, 9.17) is 0 Å². The molecule has 1 nitrogen and oxygen atoms in total. The minimum absolute atomic E-state index is 0.564. The molecule has 1 rings (SSSR count). The van der Waals surface area contributed by atoms with E-state index in [9.17, 15) is 0 Å². The van der Waals surface area contributed by atoms with E-state index in [2.05, 4.69) is 43.1 Å². The molecule has 0 fully saturated rings. The van der Waals surface area contributed by atoms with Gasteiger partial charge in [-0.15, -0.1) is 0 Å². The third kappa shape index (κ3) is 3.05. The average Bonchev–Trinajstić information content (AvgIpc) is 2.26. The second-order valence-corrected chi connectivity index (χ2v) is 3.84. The number of allylic oxidation sites excluding steroid dienone is 1. The molecule has 0 saturated heterocycles. The molecule has 0 aliphatic rings. The molecule has 0 N–H and O–H groups in total. The minimum Gasteiger partial charge on any atom is -0.261 e. The Hall–Kier alpha value is -1.37. The molecular weight excluding hydrogens is 182 g/mol. The van der Waals surface area contributed by atoms with E-state index in [-0.39, 0.29) is 0 Å². The van der Waals surface area contributed by atoms with Crippen LogP contribution in [0, 0.1) is 0 Å². The van der Waals surface area contributed by atoms with Gasteiger partial charge in [-0.25, -0.2) is 0 Å². The Kier molecular flexibility index (Phi) is 4.29. The zero-order valence-corrected chi connectivity index (χ0v) is 9.99. The van der Waals surface area contributed by atoms with Crippen molar-refractivity contribution in [2.24, 2.45) is 4.99 Å². The SMILES string of the molecule is C/C=N\C(=C/C)c1cccc(C(C)C)c1. The predicted molar refractivity (Wildman–Crippen MR) is 68.3 cm³/mol. The van der Waals surface area contributed by atoms with E-state index in [1.807, 2.05) is 26.1 Å². The largest absolute Gasteiger partial charge is 0.261 e. The van der Waals surface area contributed by atoms with Crippen LogP contribution in [0.5, 0.6) is 0 Å². The maximum Gasteiger partial charge on any atom is 0.0655 e. The van der Waals surface area contributed by atoms with Crippen molar-refractivity contribution in [2.45, 2.75) is 33.6 Å². The lowest BCUT2D eigenvalue weighted by Gasteiger charge is -2.08. The normalized spacial score (nSPS) is 12.7. The van der Waals surface area contributed by atoms with Crippen molar-refractivity contribution in [3.63, 3.8) is 0 Å². The highest BCUT2D eigenvalue weighted by Gasteiger charge is 2.02. The van der Waals surface area contributed by atoms with Crippen molar-refractivity contribution in [3.8, 4) is 0 Å². The molecular formula is C14H19N. The summed E-state index contributed by atoms with van der Waals surface area (Å²) >= 11 is 0. The molecule has 0 unspecified atom stereocenters. The Morgan fingerprint density at radius 2 is 2.00 bits per heavy atom. The summed E-state index contributed by atoms with van der Waals surface area (Å²) in [6.07, 6.45) is 3.87. The summed E-state index contributed by atoms with van der Waals surface area (Å²) < 4.78 is 0.